The molecule has 0 aromatic heterocycles. The molecule has 4 heteroatoms. The Morgan fingerprint density at radius 1 is 0.778 bits per heavy atom. The summed E-state index contributed by atoms with van der Waals surface area (Å²) >= 11 is 3.47. The van der Waals surface area contributed by atoms with E-state index in [-0.39, 0.29) is 11.8 Å². The minimum Gasteiger partial charge on any atom is -0.166 e. The summed E-state index contributed by atoms with van der Waals surface area (Å²) in [6.07, 6.45) is -3.70. The van der Waals surface area contributed by atoms with Crippen LogP contribution in [0, 0.1) is 0 Å². The summed E-state index contributed by atoms with van der Waals surface area (Å²) in [5.74, 6) is -0.154. The zero-order valence-electron chi connectivity index (χ0n) is 14.5. The molecular weight excluding hydrogens is 413 g/mol. The van der Waals surface area contributed by atoms with Crippen LogP contribution in [0.4, 0.5) is 13.2 Å². The van der Waals surface area contributed by atoms with Gasteiger partial charge < -0.3 is 0 Å². The number of hydrogen-bond donors (Lipinski definition) is 0. The van der Waals surface area contributed by atoms with Crippen molar-refractivity contribution in [1.82, 2.24) is 0 Å². The van der Waals surface area contributed by atoms with Crippen molar-refractivity contribution < 1.29 is 13.2 Å². The first-order chi connectivity index (χ1) is 13.0. The lowest BCUT2D eigenvalue weighted by molar-refractivity contribution is -0.138. The van der Waals surface area contributed by atoms with E-state index in [1.807, 2.05) is 18.2 Å². The van der Waals surface area contributed by atoms with Gasteiger partial charge in [0.25, 0.3) is 0 Å². The number of rotatable bonds is 3. The molecule has 0 heterocycles. The van der Waals surface area contributed by atoms with Crippen LogP contribution in [0.1, 0.15) is 51.6 Å². The Kier molecular flexibility index (Phi) is 4.85. The van der Waals surface area contributed by atoms with Gasteiger partial charge in [0.15, 0.2) is 0 Å². The second kappa shape index (κ2) is 7.16. The Morgan fingerprint density at radius 3 is 2.19 bits per heavy atom. The first-order valence-electron chi connectivity index (χ1n) is 8.89. The Bertz CT molecular complexity index is 947. The van der Waals surface area contributed by atoms with Gasteiger partial charge in [-0.05, 0) is 40.3 Å². The number of halogens is 4. The zero-order chi connectivity index (χ0) is 19.0. The third-order valence-corrected chi connectivity index (χ3v) is 6.02. The third-order valence-electron chi connectivity index (χ3n) is 5.37. The summed E-state index contributed by atoms with van der Waals surface area (Å²) in [7, 11) is 0. The van der Waals surface area contributed by atoms with Crippen LogP contribution in [0.3, 0.4) is 0 Å². The van der Waals surface area contributed by atoms with Crippen molar-refractivity contribution in [2.45, 2.75) is 29.8 Å². The van der Waals surface area contributed by atoms with Crippen LogP contribution in [-0.4, -0.2) is 0 Å². The summed E-state index contributed by atoms with van der Waals surface area (Å²) in [5.41, 5.74) is 4.22. The van der Waals surface area contributed by atoms with E-state index >= 15 is 0 Å². The predicted octanol–water partition coefficient (Wildman–Crippen LogP) is 7.27. The Labute approximate surface area is 165 Å². The molecule has 2 atom stereocenters. The lowest BCUT2D eigenvalue weighted by Gasteiger charge is -2.19. The quantitative estimate of drug-likeness (QED) is 0.383. The van der Waals surface area contributed by atoms with E-state index in [0.717, 1.165) is 22.3 Å². The van der Waals surface area contributed by atoms with Crippen LogP contribution < -0.4 is 0 Å². The standard InChI is InChI=1S/C23H18BrF3/c24-14-15-10-11-17-19(16-6-2-1-3-7-16)13-21(20(17)12-15)18-8-4-5-9-22(18)23(25,26)27/h1-12,19,21H,13-14H2. The van der Waals surface area contributed by atoms with Crippen LogP contribution in [0.25, 0.3) is 0 Å². The van der Waals surface area contributed by atoms with Crippen molar-refractivity contribution in [3.8, 4) is 0 Å². The second-order valence-corrected chi connectivity index (χ2v) is 7.49. The summed E-state index contributed by atoms with van der Waals surface area (Å²) in [6.45, 7) is 0. The third kappa shape index (κ3) is 3.43. The van der Waals surface area contributed by atoms with Gasteiger partial charge in [-0.3, -0.25) is 0 Å². The highest BCUT2D eigenvalue weighted by Gasteiger charge is 2.39. The minimum absolute atomic E-state index is 0.108. The molecule has 3 aromatic rings. The van der Waals surface area contributed by atoms with Crippen LogP contribution in [-0.2, 0) is 11.5 Å². The number of alkyl halides is 4. The van der Waals surface area contributed by atoms with E-state index in [4.69, 9.17) is 0 Å². The van der Waals surface area contributed by atoms with Gasteiger partial charge in [0.05, 0.1) is 5.56 Å². The topological polar surface area (TPSA) is 0 Å². The molecule has 1 aliphatic rings. The smallest absolute Gasteiger partial charge is 0.166 e. The molecule has 0 saturated carbocycles. The Hall–Kier alpha value is -2.07. The van der Waals surface area contributed by atoms with Crippen LogP contribution >= 0.6 is 15.9 Å². The molecule has 1 aliphatic carbocycles. The highest BCUT2D eigenvalue weighted by Crippen LogP contribution is 2.50. The molecule has 0 fully saturated rings. The molecule has 0 spiro atoms. The fourth-order valence-electron chi connectivity index (χ4n) is 4.17. The average molecular weight is 431 g/mol. The van der Waals surface area contributed by atoms with E-state index in [1.165, 1.54) is 12.1 Å². The van der Waals surface area contributed by atoms with Crippen molar-refractivity contribution in [2.75, 3.05) is 0 Å². The summed E-state index contributed by atoms with van der Waals surface area (Å²) in [5, 5.41) is 0.684. The first kappa shape index (κ1) is 18.3. The molecule has 0 amide bonds. The van der Waals surface area contributed by atoms with Gasteiger partial charge in [0.1, 0.15) is 0 Å². The number of fused-ring (bicyclic) bond motifs is 1. The van der Waals surface area contributed by atoms with Gasteiger partial charge in [0.2, 0.25) is 0 Å². The first-order valence-corrected chi connectivity index (χ1v) is 10.0. The average Bonchev–Trinajstić information content (AvgIpc) is 3.06. The molecule has 0 saturated heterocycles. The monoisotopic (exact) mass is 430 g/mol. The van der Waals surface area contributed by atoms with Gasteiger partial charge in [-0.2, -0.15) is 13.2 Å². The summed E-state index contributed by atoms with van der Waals surface area (Å²) in [6, 6.07) is 22.2. The van der Waals surface area contributed by atoms with E-state index in [0.29, 0.717) is 17.3 Å². The van der Waals surface area contributed by atoms with Crippen LogP contribution in [0.2, 0.25) is 0 Å². The van der Waals surface area contributed by atoms with Crippen molar-refractivity contribution in [3.05, 3.63) is 106 Å². The molecule has 2 unspecified atom stereocenters. The second-order valence-electron chi connectivity index (χ2n) is 6.93. The summed E-state index contributed by atoms with van der Waals surface area (Å²) in [4.78, 5) is 0. The van der Waals surface area contributed by atoms with Gasteiger partial charge in [-0.25, -0.2) is 0 Å². The molecular formula is C23H18BrF3. The molecule has 0 aliphatic heterocycles. The van der Waals surface area contributed by atoms with Gasteiger partial charge in [-0.1, -0.05) is 82.7 Å². The van der Waals surface area contributed by atoms with E-state index in [2.05, 4.69) is 46.3 Å². The number of benzene rings is 3. The highest BCUT2D eigenvalue weighted by molar-refractivity contribution is 9.08. The van der Waals surface area contributed by atoms with Gasteiger partial charge in [-0.15, -0.1) is 0 Å². The van der Waals surface area contributed by atoms with Gasteiger partial charge in [0, 0.05) is 17.2 Å². The molecule has 0 radical (unpaired) electrons. The predicted molar refractivity (Wildman–Crippen MR) is 105 cm³/mol. The molecule has 4 rings (SSSR count). The fourth-order valence-corrected chi connectivity index (χ4v) is 4.52. The van der Waals surface area contributed by atoms with Crippen molar-refractivity contribution in [2.24, 2.45) is 0 Å². The largest absolute Gasteiger partial charge is 0.416 e. The van der Waals surface area contributed by atoms with Gasteiger partial charge >= 0.3 is 6.18 Å². The maximum Gasteiger partial charge on any atom is 0.416 e. The van der Waals surface area contributed by atoms with Crippen LogP contribution in [0.15, 0.2) is 72.8 Å². The van der Waals surface area contributed by atoms with Crippen molar-refractivity contribution in [1.29, 1.82) is 0 Å². The summed E-state index contributed by atoms with van der Waals surface area (Å²) < 4.78 is 40.9. The Balaban J connectivity index is 1.87. The number of hydrogen-bond acceptors (Lipinski definition) is 0. The SMILES string of the molecule is FC(F)(F)c1ccccc1C1CC(c2ccccc2)c2ccc(CBr)cc21. The maximum absolute atomic E-state index is 13.6. The van der Waals surface area contributed by atoms with Crippen molar-refractivity contribution >= 4 is 15.9 Å². The van der Waals surface area contributed by atoms with Crippen molar-refractivity contribution in [3.63, 3.8) is 0 Å². The highest BCUT2D eigenvalue weighted by atomic mass is 79.9. The zero-order valence-corrected chi connectivity index (χ0v) is 16.1. The molecule has 0 N–H and O–H groups in total. The molecule has 0 bridgehead atoms. The van der Waals surface area contributed by atoms with E-state index in [9.17, 15) is 13.2 Å². The maximum atomic E-state index is 13.6. The van der Waals surface area contributed by atoms with E-state index < -0.39 is 11.7 Å². The normalized spacial score (nSPS) is 19.1. The molecule has 0 nitrogen and oxygen atoms in total. The lowest BCUT2D eigenvalue weighted by atomic mass is 9.87. The van der Waals surface area contributed by atoms with E-state index in [1.54, 1.807) is 12.1 Å². The van der Waals surface area contributed by atoms with Crippen LogP contribution in [0.5, 0.6) is 0 Å². The Morgan fingerprint density at radius 2 is 1.48 bits per heavy atom. The molecule has 3 aromatic carbocycles. The fraction of sp³-hybridized carbons (Fsp3) is 0.217. The molecule has 27 heavy (non-hydrogen) atoms. The lowest BCUT2D eigenvalue weighted by Crippen LogP contribution is -2.12. The molecule has 138 valence electrons. The minimum atomic E-state index is -4.35.